The van der Waals surface area contributed by atoms with Gasteiger partial charge in [-0.2, -0.15) is 0 Å². The summed E-state index contributed by atoms with van der Waals surface area (Å²) in [5, 5.41) is 11.8. The van der Waals surface area contributed by atoms with E-state index in [1.54, 1.807) is 29.5 Å². The number of aromatic nitrogens is 6. The Morgan fingerprint density at radius 2 is 2.26 bits per heavy atom. The first-order valence-corrected chi connectivity index (χ1v) is 10.5. The van der Waals surface area contributed by atoms with Gasteiger partial charge in [-0.1, -0.05) is 6.58 Å². The summed E-state index contributed by atoms with van der Waals surface area (Å²) in [6, 6.07) is 1.31. The van der Waals surface area contributed by atoms with Crippen molar-refractivity contribution in [2.75, 3.05) is 0 Å². The molecule has 2 bridgehead atoms. The van der Waals surface area contributed by atoms with Crippen LogP contribution >= 0.6 is 0 Å². The summed E-state index contributed by atoms with van der Waals surface area (Å²) in [7, 11) is 0. The minimum absolute atomic E-state index is 0.0865. The third kappa shape index (κ3) is 3.59. The third-order valence-corrected chi connectivity index (χ3v) is 6.47. The highest BCUT2D eigenvalue weighted by Gasteiger charge is 2.47. The molecule has 31 heavy (non-hydrogen) atoms. The molecule has 0 amide bonds. The molecule has 5 heterocycles. The number of pyridine rings is 1. The summed E-state index contributed by atoms with van der Waals surface area (Å²) in [6.07, 6.45) is 10.6. The summed E-state index contributed by atoms with van der Waals surface area (Å²) in [4.78, 5) is 24.0. The van der Waals surface area contributed by atoms with Crippen molar-refractivity contribution in [1.82, 2.24) is 35.0 Å². The van der Waals surface area contributed by atoms with Crippen molar-refractivity contribution >= 4 is 5.57 Å². The van der Waals surface area contributed by atoms with Crippen LogP contribution in [-0.4, -0.2) is 47.5 Å². The van der Waals surface area contributed by atoms with Crippen LogP contribution in [0.4, 0.5) is 4.39 Å². The maximum atomic E-state index is 15.1. The van der Waals surface area contributed by atoms with Crippen molar-refractivity contribution in [3.05, 3.63) is 59.8 Å². The molecule has 4 atom stereocenters. The molecule has 2 aliphatic rings. The predicted octanol–water partition coefficient (Wildman–Crippen LogP) is 2.68. The van der Waals surface area contributed by atoms with Gasteiger partial charge in [-0.3, -0.25) is 9.36 Å². The molecule has 5 rings (SSSR count). The maximum Gasteiger partial charge on any atom is 0.193 e. The quantitative estimate of drug-likeness (QED) is 0.672. The second-order valence-electron chi connectivity index (χ2n) is 8.72. The number of H-pyrrole nitrogens is 1. The van der Waals surface area contributed by atoms with E-state index in [2.05, 4.69) is 44.0 Å². The first kappa shape index (κ1) is 19.7. The monoisotopic (exact) mass is 421 g/mol. The minimum Gasteiger partial charge on any atom is -0.347 e. The number of nitrogens with one attached hydrogen (secondary N) is 2. The van der Waals surface area contributed by atoms with Gasteiger partial charge in [0.25, 0.3) is 0 Å². The Kier molecular flexibility index (Phi) is 4.77. The van der Waals surface area contributed by atoms with Gasteiger partial charge in [0.05, 0.1) is 11.8 Å². The molecule has 0 radical (unpaired) electrons. The van der Waals surface area contributed by atoms with Gasteiger partial charge in [-0.05, 0) is 38.2 Å². The minimum atomic E-state index is -1.03. The first-order chi connectivity index (χ1) is 14.9. The molecule has 2 aliphatic heterocycles. The summed E-state index contributed by atoms with van der Waals surface area (Å²) >= 11 is 0. The highest BCUT2D eigenvalue weighted by molar-refractivity contribution is 5.62. The van der Waals surface area contributed by atoms with E-state index in [9.17, 15) is 4.79 Å². The summed E-state index contributed by atoms with van der Waals surface area (Å²) in [5.41, 5.74) is 0.967. The van der Waals surface area contributed by atoms with Gasteiger partial charge in [0, 0.05) is 42.2 Å². The number of nitrogens with zero attached hydrogens (tertiary/aromatic N) is 5. The molecular formula is C22H24FN7O. The molecule has 160 valence electrons. The lowest BCUT2D eigenvalue weighted by Gasteiger charge is -2.49. The molecule has 1 unspecified atom stereocenters. The van der Waals surface area contributed by atoms with E-state index in [0.29, 0.717) is 34.9 Å². The average Bonchev–Trinajstić information content (AvgIpc) is 3.31. The van der Waals surface area contributed by atoms with Crippen molar-refractivity contribution in [2.24, 2.45) is 5.92 Å². The molecule has 0 aliphatic carbocycles. The normalized spacial score (nSPS) is 27.7. The van der Waals surface area contributed by atoms with Crippen LogP contribution in [0.3, 0.4) is 0 Å². The molecule has 0 aromatic carbocycles. The van der Waals surface area contributed by atoms with Crippen molar-refractivity contribution < 1.29 is 4.39 Å². The van der Waals surface area contributed by atoms with Gasteiger partial charge in [0.1, 0.15) is 24.0 Å². The molecule has 3 aromatic rings. The van der Waals surface area contributed by atoms with Crippen LogP contribution in [0.1, 0.15) is 38.4 Å². The molecule has 3 aromatic heterocycles. The predicted molar refractivity (Wildman–Crippen MR) is 114 cm³/mol. The van der Waals surface area contributed by atoms with E-state index in [1.165, 1.54) is 12.3 Å². The van der Waals surface area contributed by atoms with Crippen LogP contribution < -0.4 is 10.7 Å². The summed E-state index contributed by atoms with van der Waals surface area (Å²) in [6.45, 7) is 6.25. The van der Waals surface area contributed by atoms with Gasteiger partial charge in [-0.25, -0.2) is 14.4 Å². The zero-order valence-electron chi connectivity index (χ0n) is 17.3. The van der Waals surface area contributed by atoms with Gasteiger partial charge in [0.2, 0.25) is 0 Å². The summed E-state index contributed by atoms with van der Waals surface area (Å²) in [5.74, 6) is 0.574. The number of piperidine rings is 2. The van der Waals surface area contributed by atoms with Crippen molar-refractivity contribution in [3.8, 4) is 17.1 Å². The Morgan fingerprint density at radius 1 is 1.39 bits per heavy atom. The molecule has 2 N–H and O–H groups in total. The number of imidazole rings is 1. The maximum absolute atomic E-state index is 15.1. The van der Waals surface area contributed by atoms with Crippen LogP contribution in [0.25, 0.3) is 22.6 Å². The van der Waals surface area contributed by atoms with E-state index in [1.807, 2.05) is 0 Å². The van der Waals surface area contributed by atoms with Crippen LogP contribution in [0.5, 0.6) is 0 Å². The molecule has 8 nitrogen and oxygen atoms in total. The van der Waals surface area contributed by atoms with E-state index in [4.69, 9.17) is 0 Å². The first-order valence-electron chi connectivity index (χ1n) is 10.5. The number of fused-ring (bicyclic) bond motifs is 2. The highest BCUT2D eigenvalue weighted by atomic mass is 19.1. The van der Waals surface area contributed by atoms with Crippen LogP contribution in [-0.2, 0) is 0 Å². The smallest absolute Gasteiger partial charge is 0.193 e. The van der Waals surface area contributed by atoms with Crippen molar-refractivity contribution in [2.45, 2.75) is 50.4 Å². The number of alkyl halides is 1. The van der Waals surface area contributed by atoms with Crippen molar-refractivity contribution in [1.29, 1.82) is 0 Å². The fraction of sp³-hybridized carbons (Fsp3) is 0.409. The van der Waals surface area contributed by atoms with Crippen molar-refractivity contribution in [3.63, 3.8) is 0 Å². The van der Waals surface area contributed by atoms with Gasteiger partial charge >= 0.3 is 0 Å². The zero-order valence-corrected chi connectivity index (χ0v) is 17.3. The number of hydrogen-bond acceptors (Lipinski definition) is 6. The van der Waals surface area contributed by atoms with E-state index in [0.717, 1.165) is 19.3 Å². The SMILES string of the molecule is C=C(c1ncc(-c2c[nH]c(-n3ccnc3)cc2=O)nn1)[C@@H]1C[C@@]2(C)CCCC(N2)[C@H]1F. The van der Waals surface area contributed by atoms with E-state index >= 15 is 4.39 Å². The number of hydrogen-bond donors (Lipinski definition) is 2. The molecule has 0 saturated carbocycles. The topological polar surface area (TPSA) is 101 Å². The number of rotatable bonds is 4. The Labute approximate surface area is 178 Å². The van der Waals surface area contributed by atoms with E-state index < -0.39 is 6.17 Å². The standard InChI is InChI=1S/C22H24FN7O/c1-13(14-9-22(2)5-3-4-16(27-22)20(14)23)21-26-11-17(28-29-21)15-10-25-19(8-18(15)31)30-7-6-24-12-30/h6-8,10-12,14,16,20,27H,1,3-5,9H2,2H3,(H,25,31)/t14-,16?,20-,22+/m0/s1. The Bertz CT molecular complexity index is 1160. The summed E-state index contributed by atoms with van der Waals surface area (Å²) < 4.78 is 16.8. The number of aromatic amines is 1. The lowest BCUT2D eigenvalue weighted by molar-refractivity contribution is 0.0524. The van der Waals surface area contributed by atoms with Crippen LogP contribution in [0.2, 0.25) is 0 Å². The lowest BCUT2D eigenvalue weighted by atomic mass is 9.69. The average molecular weight is 421 g/mol. The molecular weight excluding hydrogens is 397 g/mol. The second-order valence-corrected chi connectivity index (χ2v) is 8.72. The molecule has 2 saturated heterocycles. The lowest BCUT2D eigenvalue weighted by Crippen LogP contribution is -2.62. The van der Waals surface area contributed by atoms with Gasteiger partial charge in [-0.15, -0.1) is 10.2 Å². The fourth-order valence-corrected chi connectivity index (χ4v) is 4.82. The second kappa shape index (κ2) is 7.49. The van der Waals surface area contributed by atoms with E-state index in [-0.39, 0.29) is 22.9 Å². The highest BCUT2D eigenvalue weighted by Crippen LogP contribution is 2.42. The number of allylic oxidation sites excluding steroid dienone is 1. The molecule has 9 heteroatoms. The Balaban J connectivity index is 1.38. The Hall–Kier alpha value is -3.20. The van der Waals surface area contributed by atoms with Crippen LogP contribution in [0.15, 0.2) is 48.6 Å². The van der Waals surface area contributed by atoms with Gasteiger partial charge < -0.3 is 10.3 Å². The fourth-order valence-electron chi connectivity index (χ4n) is 4.82. The Morgan fingerprint density at radius 3 is 2.97 bits per heavy atom. The van der Waals surface area contributed by atoms with Gasteiger partial charge in [0.15, 0.2) is 11.3 Å². The van der Waals surface area contributed by atoms with Crippen LogP contribution in [0, 0.1) is 5.92 Å². The molecule has 2 fully saturated rings. The molecule has 0 spiro atoms. The largest absolute Gasteiger partial charge is 0.347 e. The third-order valence-electron chi connectivity index (χ3n) is 6.47. The zero-order chi connectivity index (χ0) is 21.6. The number of halogens is 1.